The van der Waals surface area contributed by atoms with Crippen LogP contribution in [0.15, 0.2) is 0 Å². The first kappa shape index (κ1) is 14.6. The number of hydrogen-bond donors (Lipinski definition) is 2. The van der Waals surface area contributed by atoms with Gasteiger partial charge in [0.1, 0.15) is 17.5 Å². The van der Waals surface area contributed by atoms with E-state index in [1.807, 2.05) is 6.92 Å². The monoisotopic (exact) mass is 289 g/mol. The zero-order valence-corrected chi connectivity index (χ0v) is 13.2. The van der Waals surface area contributed by atoms with Gasteiger partial charge in [0.25, 0.3) is 0 Å². The number of nitrogens with zero attached hydrogens (tertiary/aromatic N) is 3. The minimum atomic E-state index is 0.520. The summed E-state index contributed by atoms with van der Waals surface area (Å²) in [7, 11) is 0. The van der Waals surface area contributed by atoms with Crippen LogP contribution in [0.2, 0.25) is 0 Å². The van der Waals surface area contributed by atoms with Crippen LogP contribution in [0.3, 0.4) is 0 Å². The molecule has 2 saturated heterocycles. The fourth-order valence-electron chi connectivity index (χ4n) is 3.61. The van der Waals surface area contributed by atoms with Crippen LogP contribution in [0, 0.1) is 6.92 Å². The van der Waals surface area contributed by atoms with Crippen LogP contribution >= 0.6 is 0 Å². The standard InChI is InChI=1S/C16H27N5/c1-3-5-14-19-15(17)11(2)16(20-14)18-12-7-9-21-8-4-6-13(21)10-12/h12-13H,3-10H2,1-2H3,(H3,17,18,19,20). The third-order valence-corrected chi connectivity index (χ3v) is 4.86. The van der Waals surface area contributed by atoms with Crippen LogP contribution in [-0.4, -0.2) is 40.0 Å². The lowest BCUT2D eigenvalue weighted by Crippen LogP contribution is -2.43. The van der Waals surface area contributed by atoms with E-state index in [4.69, 9.17) is 5.73 Å². The molecule has 116 valence electrons. The molecule has 21 heavy (non-hydrogen) atoms. The number of aryl methyl sites for hydroxylation is 1. The Balaban J connectivity index is 1.72. The molecule has 3 heterocycles. The van der Waals surface area contributed by atoms with Gasteiger partial charge in [0.05, 0.1) is 0 Å². The second-order valence-electron chi connectivity index (χ2n) is 6.45. The van der Waals surface area contributed by atoms with E-state index in [2.05, 4.69) is 27.1 Å². The Morgan fingerprint density at radius 3 is 2.95 bits per heavy atom. The molecule has 3 N–H and O–H groups in total. The average Bonchev–Trinajstić information content (AvgIpc) is 2.92. The molecule has 0 aliphatic carbocycles. The number of piperidine rings is 1. The number of hydrogen-bond acceptors (Lipinski definition) is 5. The van der Waals surface area contributed by atoms with Crippen LogP contribution in [0.5, 0.6) is 0 Å². The largest absolute Gasteiger partial charge is 0.383 e. The van der Waals surface area contributed by atoms with Crippen LogP contribution in [0.4, 0.5) is 11.6 Å². The normalized spacial score (nSPS) is 25.8. The van der Waals surface area contributed by atoms with E-state index in [-0.39, 0.29) is 0 Å². The van der Waals surface area contributed by atoms with Crippen molar-refractivity contribution in [3.05, 3.63) is 11.4 Å². The number of nitrogens with one attached hydrogen (secondary N) is 1. The van der Waals surface area contributed by atoms with Gasteiger partial charge in [0.15, 0.2) is 0 Å². The molecule has 0 radical (unpaired) electrons. The molecule has 5 nitrogen and oxygen atoms in total. The number of nitrogen functional groups attached to an aromatic ring is 1. The fraction of sp³-hybridized carbons (Fsp3) is 0.750. The molecule has 5 heteroatoms. The summed E-state index contributed by atoms with van der Waals surface area (Å²) in [5, 5.41) is 3.64. The van der Waals surface area contributed by atoms with Gasteiger partial charge in [-0.25, -0.2) is 9.97 Å². The van der Waals surface area contributed by atoms with Gasteiger partial charge in [0.2, 0.25) is 0 Å². The third-order valence-electron chi connectivity index (χ3n) is 4.86. The van der Waals surface area contributed by atoms with Crippen molar-refractivity contribution in [2.45, 2.75) is 64.5 Å². The SMILES string of the molecule is CCCc1nc(N)c(C)c(NC2CCN3CCCC3C2)n1. The Morgan fingerprint density at radius 1 is 1.29 bits per heavy atom. The van der Waals surface area contributed by atoms with Crippen molar-refractivity contribution in [3.8, 4) is 0 Å². The van der Waals surface area contributed by atoms with Gasteiger partial charge in [-0.05, 0) is 45.6 Å². The zero-order valence-electron chi connectivity index (χ0n) is 13.2. The van der Waals surface area contributed by atoms with E-state index in [0.717, 1.165) is 36.1 Å². The summed E-state index contributed by atoms with van der Waals surface area (Å²) in [5.41, 5.74) is 7.03. The molecule has 3 rings (SSSR count). The highest BCUT2D eigenvalue weighted by Crippen LogP contribution is 2.29. The lowest BCUT2D eigenvalue weighted by molar-refractivity contribution is 0.188. The van der Waals surface area contributed by atoms with Gasteiger partial charge in [-0.15, -0.1) is 0 Å². The van der Waals surface area contributed by atoms with Gasteiger partial charge >= 0.3 is 0 Å². The molecule has 2 aliphatic rings. The molecule has 2 fully saturated rings. The lowest BCUT2D eigenvalue weighted by Gasteiger charge is -2.35. The predicted octanol–water partition coefficient (Wildman–Crippen LogP) is 2.36. The molecular formula is C16H27N5. The maximum atomic E-state index is 6.04. The smallest absolute Gasteiger partial charge is 0.134 e. The molecule has 2 unspecified atom stereocenters. The van der Waals surface area contributed by atoms with E-state index >= 15 is 0 Å². The van der Waals surface area contributed by atoms with Crippen LogP contribution in [-0.2, 0) is 6.42 Å². The molecule has 0 spiro atoms. The van der Waals surface area contributed by atoms with Crippen molar-refractivity contribution < 1.29 is 0 Å². The summed E-state index contributed by atoms with van der Waals surface area (Å²) >= 11 is 0. The lowest BCUT2D eigenvalue weighted by atomic mass is 9.97. The minimum Gasteiger partial charge on any atom is -0.383 e. The molecular weight excluding hydrogens is 262 g/mol. The Bertz CT molecular complexity index is 502. The van der Waals surface area contributed by atoms with E-state index in [9.17, 15) is 0 Å². The van der Waals surface area contributed by atoms with Crippen LogP contribution in [0.25, 0.3) is 0 Å². The maximum Gasteiger partial charge on any atom is 0.134 e. The first-order valence-corrected chi connectivity index (χ1v) is 8.31. The highest BCUT2D eigenvalue weighted by atomic mass is 15.2. The molecule has 0 amide bonds. The van der Waals surface area contributed by atoms with Gasteiger partial charge in [-0.1, -0.05) is 6.92 Å². The molecule has 1 aromatic rings. The predicted molar refractivity (Wildman–Crippen MR) is 86.4 cm³/mol. The highest BCUT2D eigenvalue weighted by molar-refractivity contribution is 5.55. The first-order chi connectivity index (χ1) is 10.2. The van der Waals surface area contributed by atoms with E-state index in [1.165, 1.54) is 38.8 Å². The number of anilines is 2. The van der Waals surface area contributed by atoms with Crippen molar-refractivity contribution in [3.63, 3.8) is 0 Å². The number of rotatable bonds is 4. The summed E-state index contributed by atoms with van der Waals surface area (Å²) in [5.74, 6) is 2.43. The maximum absolute atomic E-state index is 6.04. The summed E-state index contributed by atoms with van der Waals surface area (Å²) in [6.45, 7) is 6.65. The Kier molecular flexibility index (Phi) is 4.29. The minimum absolute atomic E-state index is 0.520. The third kappa shape index (κ3) is 3.12. The van der Waals surface area contributed by atoms with Crippen molar-refractivity contribution >= 4 is 11.6 Å². The van der Waals surface area contributed by atoms with Crippen molar-refractivity contribution in [2.75, 3.05) is 24.1 Å². The quantitative estimate of drug-likeness (QED) is 0.890. The van der Waals surface area contributed by atoms with Gasteiger partial charge in [0, 0.05) is 30.6 Å². The highest BCUT2D eigenvalue weighted by Gasteiger charge is 2.31. The Hall–Kier alpha value is -1.36. The topological polar surface area (TPSA) is 67.1 Å². The van der Waals surface area contributed by atoms with E-state index < -0.39 is 0 Å². The fourth-order valence-corrected chi connectivity index (χ4v) is 3.61. The number of nitrogens with two attached hydrogens (primary N) is 1. The molecule has 0 bridgehead atoms. The second kappa shape index (κ2) is 6.18. The molecule has 0 aromatic carbocycles. The molecule has 0 saturated carbocycles. The summed E-state index contributed by atoms with van der Waals surface area (Å²) in [6, 6.07) is 1.29. The van der Waals surface area contributed by atoms with Gasteiger partial charge in [-0.3, -0.25) is 0 Å². The zero-order chi connectivity index (χ0) is 14.8. The first-order valence-electron chi connectivity index (χ1n) is 8.31. The van der Waals surface area contributed by atoms with Gasteiger partial charge < -0.3 is 16.0 Å². The second-order valence-corrected chi connectivity index (χ2v) is 6.45. The van der Waals surface area contributed by atoms with E-state index in [1.54, 1.807) is 0 Å². The molecule has 2 atom stereocenters. The van der Waals surface area contributed by atoms with Crippen molar-refractivity contribution in [1.29, 1.82) is 0 Å². The summed E-state index contributed by atoms with van der Waals surface area (Å²) in [4.78, 5) is 11.7. The number of fused-ring (bicyclic) bond motifs is 1. The molecule has 1 aromatic heterocycles. The number of aromatic nitrogens is 2. The summed E-state index contributed by atoms with van der Waals surface area (Å²) < 4.78 is 0. The summed E-state index contributed by atoms with van der Waals surface area (Å²) in [6.07, 6.45) is 7.07. The Labute approximate surface area is 127 Å². The van der Waals surface area contributed by atoms with Crippen LogP contribution in [0.1, 0.15) is 50.4 Å². The van der Waals surface area contributed by atoms with Gasteiger partial charge in [-0.2, -0.15) is 0 Å². The van der Waals surface area contributed by atoms with Crippen molar-refractivity contribution in [2.24, 2.45) is 0 Å². The van der Waals surface area contributed by atoms with Crippen LogP contribution < -0.4 is 11.1 Å². The van der Waals surface area contributed by atoms with E-state index in [0.29, 0.717) is 11.9 Å². The Morgan fingerprint density at radius 2 is 2.14 bits per heavy atom. The molecule has 2 aliphatic heterocycles. The average molecular weight is 289 g/mol. The van der Waals surface area contributed by atoms with Crippen molar-refractivity contribution in [1.82, 2.24) is 14.9 Å².